The number of aliphatic hydroxyl groups is 1. The maximum atomic E-state index is 13.8. The second-order valence-electron chi connectivity index (χ2n) is 10.2. The molecule has 0 fully saturated rings. The van der Waals surface area contributed by atoms with Crippen LogP contribution < -0.4 is 0 Å². The summed E-state index contributed by atoms with van der Waals surface area (Å²) < 4.78 is 492. The number of hydrogen-bond donors (Lipinski definition) is 1. The summed E-state index contributed by atoms with van der Waals surface area (Å²) in [5.74, 6) is -158. The van der Waals surface area contributed by atoms with Crippen LogP contribution in [-0.4, -0.2) is 112 Å². The van der Waals surface area contributed by atoms with Crippen LogP contribution in [0.4, 0.5) is 162 Å². The largest absolute Gasteiger partial charge is 0.460 e. The van der Waals surface area contributed by atoms with Crippen LogP contribution >= 0.6 is 0 Å². The van der Waals surface area contributed by atoms with E-state index in [4.69, 9.17) is 5.11 Å². The molecule has 1 atom stereocenters. The molecule has 0 radical (unpaired) electrons. The van der Waals surface area contributed by atoms with Crippen molar-refractivity contribution in [3.05, 3.63) is 0 Å². The van der Waals surface area contributed by atoms with Crippen LogP contribution in [0.15, 0.2) is 0 Å². The molecular formula is C18HF37O. The molecule has 0 aromatic heterocycles. The van der Waals surface area contributed by atoms with Crippen molar-refractivity contribution in [2.75, 3.05) is 0 Å². The van der Waals surface area contributed by atoms with E-state index in [9.17, 15) is 162 Å². The number of halogens is 37. The molecule has 0 aliphatic carbocycles. The first-order chi connectivity index (χ1) is 23.2. The lowest BCUT2D eigenvalue weighted by Crippen LogP contribution is -2.80. The van der Waals surface area contributed by atoms with Crippen molar-refractivity contribution in [2.45, 2.75) is 107 Å². The molecule has 1 nitrogen and oxygen atoms in total. The molecule has 0 heterocycles. The molecule has 38 heteroatoms. The zero-order valence-electron chi connectivity index (χ0n) is 23.4. The summed E-state index contributed by atoms with van der Waals surface area (Å²) in [4.78, 5) is 0. The molecule has 0 aliphatic rings. The summed E-state index contributed by atoms with van der Waals surface area (Å²) in [7, 11) is 0. The zero-order chi connectivity index (χ0) is 47.0. The molecule has 0 bridgehead atoms. The highest BCUT2D eigenvalue weighted by atomic mass is 19.4. The van der Waals surface area contributed by atoms with Crippen LogP contribution in [0.2, 0.25) is 0 Å². The van der Waals surface area contributed by atoms with Gasteiger partial charge in [-0.05, 0) is 0 Å². The fourth-order valence-electron chi connectivity index (χ4n) is 3.13. The van der Waals surface area contributed by atoms with Gasteiger partial charge in [0.2, 0.25) is 0 Å². The molecule has 0 amide bonds. The Hall–Kier alpha value is -2.63. The maximum Gasteiger partial charge on any atom is 0.460 e. The maximum absolute atomic E-state index is 13.8. The Morgan fingerprint density at radius 1 is 0.143 bits per heavy atom. The Balaban J connectivity index is 7.85. The Bertz CT molecular complexity index is 1330. The van der Waals surface area contributed by atoms with Gasteiger partial charge in [0.05, 0.1) is 0 Å². The van der Waals surface area contributed by atoms with Crippen molar-refractivity contribution in [3.8, 4) is 0 Å². The third kappa shape index (κ3) is 5.76. The first-order valence-electron chi connectivity index (χ1n) is 11.5. The molecule has 338 valence electrons. The summed E-state index contributed by atoms with van der Waals surface area (Å²) in [6.07, 6.45) is -16.7. The van der Waals surface area contributed by atoms with Gasteiger partial charge in [-0.3, -0.25) is 0 Å². The second kappa shape index (κ2) is 12.4. The van der Waals surface area contributed by atoms with Crippen molar-refractivity contribution in [1.82, 2.24) is 0 Å². The number of rotatable bonds is 15. The number of alkyl halides is 37. The minimum atomic E-state index is -10.4. The van der Waals surface area contributed by atoms with Gasteiger partial charge < -0.3 is 5.11 Å². The van der Waals surface area contributed by atoms with Crippen LogP contribution in [0.5, 0.6) is 0 Å². The fraction of sp³-hybridized carbons (Fsp3) is 1.00. The summed E-state index contributed by atoms with van der Waals surface area (Å²) in [5.41, 5.74) is 0. The molecule has 1 N–H and O–H groups in total. The minimum absolute atomic E-state index is 7.80. The van der Waals surface area contributed by atoms with Gasteiger partial charge in [-0.15, -0.1) is 0 Å². The van der Waals surface area contributed by atoms with Crippen molar-refractivity contribution < 1.29 is 168 Å². The van der Waals surface area contributed by atoms with E-state index < -0.39 is 107 Å². The molecule has 0 rings (SSSR count). The third-order valence-corrected chi connectivity index (χ3v) is 6.67. The normalized spacial score (nSPS) is 18.3. The molecule has 0 aliphatic heterocycles. The standard InChI is InChI=1S/C18HF37O/c19-1(20,3(23,24)5(27,28)7(31,32)9(35,36)11(39,40)13(43,44)15(47,48)17(50,51)52)2(21,22)4(25,26)6(29,30)8(33,34)10(37,38)12(41,42)14(45,46)16(49,56)18(53,54)55/h56H. The van der Waals surface area contributed by atoms with Crippen molar-refractivity contribution in [2.24, 2.45) is 0 Å². The highest BCUT2D eigenvalue weighted by Gasteiger charge is 3.02. The quantitative estimate of drug-likeness (QED) is 0.162. The minimum Gasteiger partial charge on any atom is -0.350 e. The third-order valence-electron chi connectivity index (χ3n) is 6.67. The Labute approximate surface area is 276 Å². The van der Waals surface area contributed by atoms with Crippen molar-refractivity contribution >= 4 is 0 Å². The smallest absolute Gasteiger partial charge is 0.350 e. The first-order valence-corrected chi connectivity index (χ1v) is 11.5. The Kier molecular flexibility index (Phi) is 11.9. The summed E-state index contributed by atoms with van der Waals surface area (Å²) >= 11 is 0. The SMILES string of the molecule is OC(F)(C(F)(F)F)C(F)(F)C(F)(F)C(F)(F)C(F)(F)C(F)(F)C(F)(F)C(F)(F)C(F)(F)C(F)(F)C(F)(F)C(F)(F)C(F)(F)C(F)(F)C(F)(F)C(F)(F)C(F)(F)F. The van der Waals surface area contributed by atoms with E-state index in [0.717, 1.165) is 0 Å². The zero-order valence-corrected chi connectivity index (χ0v) is 23.4. The van der Waals surface area contributed by atoms with E-state index in [2.05, 4.69) is 0 Å². The summed E-state index contributed by atoms with van der Waals surface area (Å²) in [6.45, 7) is 0. The van der Waals surface area contributed by atoms with Crippen LogP contribution in [-0.2, 0) is 0 Å². The first kappa shape index (κ1) is 53.4. The van der Waals surface area contributed by atoms with E-state index in [0.29, 0.717) is 0 Å². The highest BCUT2D eigenvalue weighted by molar-refractivity contribution is 5.22. The van der Waals surface area contributed by atoms with Crippen LogP contribution in [0.3, 0.4) is 0 Å². The second-order valence-corrected chi connectivity index (χ2v) is 10.2. The van der Waals surface area contributed by atoms with Gasteiger partial charge in [-0.1, -0.05) is 0 Å². The van der Waals surface area contributed by atoms with Gasteiger partial charge in [0.15, 0.2) is 0 Å². The average molecular weight is 936 g/mol. The lowest BCUT2D eigenvalue weighted by Gasteiger charge is -2.47. The predicted octanol–water partition coefficient (Wildman–Crippen LogP) is 11.3. The van der Waals surface area contributed by atoms with E-state index >= 15 is 0 Å². The molecule has 0 aromatic carbocycles. The van der Waals surface area contributed by atoms with E-state index in [1.165, 1.54) is 0 Å². The van der Waals surface area contributed by atoms with Gasteiger partial charge in [0, 0.05) is 0 Å². The van der Waals surface area contributed by atoms with Gasteiger partial charge in [-0.2, -0.15) is 162 Å². The molecular weight excluding hydrogens is 935 g/mol. The molecule has 1 unspecified atom stereocenters. The van der Waals surface area contributed by atoms with Gasteiger partial charge >= 0.3 is 107 Å². The lowest BCUT2D eigenvalue weighted by atomic mass is 9.82. The van der Waals surface area contributed by atoms with E-state index in [1.807, 2.05) is 0 Å². The van der Waals surface area contributed by atoms with Crippen molar-refractivity contribution in [1.29, 1.82) is 0 Å². The predicted molar refractivity (Wildman–Crippen MR) is 92.4 cm³/mol. The Morgan fingerprint density at radius 3 is 0.357 bits per heavy atom. The van der Waals surface area contributed by atoms with E-state index in [-0.39, 0.29) is 0 Å². The van der Waals surface area contributed by atoms with E-state index in [1.54, 1.807) is 0 Å². The van der Waals surface area contributed by atoms with Crippen LogP contribution in [0, 0.1) is 0 Å². The number of hydrogen-bond acceptors (Lipinski definition) is 1. The van der Waals surface area contributed by atoms with Crippen LogP contribution in [0.1, 0.15) is 0 Å². The average Bonchev–Trinajstić information content (AvgIpc) is 2.94. The fourth-order valence-corrected chi connectivity index (χ4v) is 3.13. The van der Waals surface area contributed by atoms with Crippen LogP contribution in [0.25, 0.3) is 0 Å². The van der Waals surface area contributed by atoms with Gasteiger partial charge in [0.25, 0.3) is 0 Å². The highest BCUT2D eigenvalue weighted by Crippen LogP contribution is 2.70. The molecule has 0 saturated heterocycles. The van der Waals surface area contributed by atoms with Gasteiger partial charge in [-0.25, -0.2) is 0 Å². The molecule has 0 spiro atoms. The summed E-state index contributed by atoms with van der Waals surface area (Å²) in [6, 6.07) is 0. The molecule has 0 saturated carbocycles. The Morgan fingerprint density at radius 2 is 0.250 bits per heavy atom. The van der Waals surface area contributed by atoms with Gasteiger partial charge in [0.1, 0.15) is 0 Å². The topological polar surface area (TPSA) is 20.2 Å². The lowest BCUT2D eigenvalue weighted by molar-refractivity contribution is -0.497. The summed E-state index contributed by atoms with van der Waals surface area (Å²) in [5, 5.41) is 7.80. The molecule has 0 aromatic rings. The van der Waals surface area contributed by atoms with Crippen molar-refractivity contribution in [3.63, 3.8) is 0 Å². The monoisotopic (exact) mass is 936 g/mol. The molecule has 56 heavy (non-hydrogen) atoms.